The second kappa shape index (κ2) is 11.1. The molecule has 39 heavy (non-hydrogen) atoms. The van der Waals surface area contributed by atoms with Crippen LogP contribution in [-0.2, 0) is 39.5 Å². The molecular formula is C18H14Cl12O7S2. The van der Waals surface area contributed by atoms with Crippen LogP contribution in [0.1, 0.15) is 0 Å². The summed E-state index contributed by atoms with van der Waals surface area (Å²) in [7, 11) is 0. The molecule has 7 nitrogen and oxygen atoms in total. The lowest BCUT2D eigenvalue weighted by Gasteiger charge is -2.33. The van der Waals surface area contributed by atoms with Crippen LogP contribution in [0.25, 0.3) is 0 Å². The third-order valence-electron chi connectivity index (χ3n) is 7.88. The smallest absolute Gasteiger partial charge is 0.304 e. The van der Waals surface area contributed by atoms with Crippen molar-refractivity contribution in [3.8, 4) is 0 Å². The summed E-state index contributed by atoms with van der Waals surface area (Å²) in [5.41, 5.74) is 0. The Bertz CT molecular complexity index is 1030. The molecule has 8 unspecified atom stereocenters. The Morgan fingerprint density at radius 1 is 0.487 bits per heavy atom. The van der Waals surface area contributed by atoms with Crippen molar-refractivity contribution in [2.24, 2.45) is 23.7 Å². The van der Waals surface area contributed by atoms with Gasteiger partial charge >= 0.3 is 22.7 Å². The van der Waals surface area contributed by atoms with Gasteiger partial charge in [0, 0.05) is 23.7 Å². The van der Waals surface area contributed by atoms with Gasteiger partial charge in [0.1, 0.15) is 19.5 Å². The molecule has 4 aliphatic carbocycles. The molecule has 0 amide bonds. The minimum atomic E-state index is -1.86. The summed E-state index contributed by atoms with van der Waals surface area (Å²) in [5, 5.41) is 0.420. The number of hydrogen-bond donors (Lipinski definition) is 0. The third-order valence-corrected chi connectivity index (χ3v) is 17.9. The number of halogens is 12. The molecule has 4 bridgehead atoms. The van der Waals surface area contributed by atoms with Gasteiger partial charge in [0.2, 0.25) is 0 Å². The summed E-state index contributed by atoms with van der Waals surface area (Å²) in [4.78, 5) is -5.56. The minimum Gasteiger partial charge on any atom is -0.412 e. The van der Waals surface area contributed by atoms with Crippen molar-refractivity contribution in [2.45, 2.75) is 28.2 Å². The molecule has 0 aromatic rings. The highest BCUT2D eigenvalue weighted by Gasteiger charge is 2.83. The topological polar surface area (TPSA) is 103 Å². The summed E-state index contributed by atoms with van der Waals surface area (Å²) >= 11 is 72.7. The van der Waals surface area contributed by atoms with E-state index in [0.29, 0.717) is 0 Å². The summed E-state index contributed by atoms with van der Waals surface area (Å²) in [5.74, 6) is -1.82. The van der Waals surface area contributed by atoms with E-state index in [1.165, 1.54) is 0 Å². The molecule has 2 aliphatic heterocycles. The van der Waals surface area contributed by atoms with Gasteiger partial charge in [-0.25, -0.2) is 0 Å². The first-order valence-corrected chi connectivity index (χ1v) is 16.9. The quantitative estimate of drug-likeness (QED) is 0.257. The molecule has 8 atom stereocenters. The van der Waals surface area contributed by atoms with Crippen molar-refractivity contribution in [3.05, 3.63) is 20.1 Å². The highest BCUT2D eigenvalue weighted by atomic mass is 35.5. The summed E-state index contributed by atoms with van der Waals surface area (Å²) < 4.78 is 39.5. The Labute approximate surface area is 288 Å². The van der Waals surface area contributed by atoms with Crippen LogP contribution in [-0.4, -0.2) is 68.5 Å². The van der Waals surface area contributed by atoms with Crippen LogP contribution >= 0.6 is 139 Å². The molecule has 2 heterocycles. The van der Waals surface area contributed by atoms with Gasteiger partial charge in [0.15, 0.2) is 8.67 Å². The zero-order valence-corrected chi connectivity index (χ0v) is 29.1. The average molecular weight is 832 g/mol. The molecule has 0 aromatic carbocycles. The van der Waals surface area contributed by atoms with Gasteiger partial charge in [-0.3, -0.25) is 16.7 Å². The fourth-order valence-electron chi connectivity index (χ4n) is 5.92. The minimum absolute atomic E-state index is 0. The van der Waals surface area contributed by atoms with Crippen molar-refractivity contribution in [2.75, 3.05) is 26.4 Å². The Hall–Kier alpha value is 3.06. The van der Waals surface area contributed by atoms with E-state index in [2.05, 4.69) is 0 Å². The lowest BCUT2D eigenvalue weighted by atomic mass is 9.83. The fraction of sp³-hybridized carbons (Fsp3) is 0.778. The monoisotopic (exact) mass is 826 g/mol. The Morgan fingerprint density at radius 3 is 0.846 bits per heavy atom. The molecule has 4 fully saturated rings. The molecule has 224 valence electrons. The molecule has 2 N–H and O–H groups in total. The lowest BCUT2D eigenvalue weighted by molar-refractivity contribution is 0.207. The van der Waals surface area contributed by atoms with E-state index in [1.807, 2.05) is 0 Å². The molecule has 2 saturated carbocycles. The van der Waals surface area contributed by atoms with Crippen LogP contribution in [0.3, 0.4) is 0 Å². The van der Waals surface area contributed by atoms with Crippen molar-refractivity contribution in [3.63, 3.8) is 0 Å². The van der Waals surface area contributed by atoms with Gasteiger partial charge in [-0.2, -0.15) is 8.42 Å². The number of alkyl halides is 8. The van der Waals surface area contributed by atoms with E-state index in [0.717, 1.165) is 0 Å². The molecular weight excluding hydrogens is 818 g/mol. The van der Waals surface area contributed by atoms with Crippen molar-refractivity contribution < 1.29 is 30.6 Å². The second-order valence-corrected chi connectivity index (χ2v) is 17.5. The van der Waals surface area contributed by atoms with E-state index < -0.39 is 74.6 Å². The number of hydrogen-bond acceptors (Lipinski definition) is 6. The second-order valence-electron chi connectivity index (χ2n) is 9.22. The number of fused-ring (bicyclic) bond motifs is 10. The maximum Gasteiger partial charge on any atom is 0.304 e. The van der Waals surface area contributed by atoms with Gasteiger partial charge in [-0.1, -0.05) is 92.8 Å². The van der Waals surface area contributed by atoms with Gasteiger partial charge in [-0.15, -0.1) is 46.4 Å². The first kappa shape index (κ1) is 34.9. The summed E-state index contributed by atoms with van der Waals surface area (Å²) in [6.45, 7) is 0.0430. The zero-order valence-electron chi connectivity index (χ0n) is 18.4. The Kier molecular flexibility index (Phi) is 9.94. The molecule has 0 radical (unpaired) electrons. The molecule has 6 aliphatic rings. The van der Waals surface area contributed by atoms with Gasteiger partial charge < -0.3 is 5.48 Å². The maximum absolute atomic E-state index is 11.3. The van der Waals surface area contributed by atoms with E-state index in [-0.39, 0.29) is 52.0 Å². The maximum atomic E-state index is 11.3. The van der Waals surface area contributed by atoms with Crippen LogP contribution in [0.15, 0.2) is 20.1 Å². The lowest BCUT2D eigenvalue weighted by Crippen LogP contribution is -2.45. The van der Waals surface area contributed by atoms with Gasteiger partial charge in [0.25, 0.3) is 0 Å². The van der Waals surface area contributed by atoms with E-state index in [4.69, 9.17) is 156 Å². The first-order valence-electron chi connectivity index (χ1n) is 10.4. The van der Waals surface area contributed by atoms with E-state index in [1.54, 1.807) is 0 Å². The number of rotatable bonds is 0. The summed E-state index contributed by atoms with van der Waals surface area (Å²) in [6.07, 6.45) is 0. The first-order chi connectivity index (χ1) is 17.4. The normalized spacial score (nSPS) is 50.9. The van der Waals surface area contributed by atoms with Crippen LogP contribution < -0.4 is 0 Å². The zero-order chi connectivity index (χ0) is 28.4. The largest absolute Gasteiger partial charge is 0.412 e. The molecule has 0 aromatic heterocycles. The standard InChI is InChI=1S/2C9H6Cl6O3S.H2O/c2*10-5-6(11)8(13)4-2-18-19(16)17-1-3(4)7(5,12)9(8,14)15;/h2*3-4H,1-2H2;1H2. The Balaban J connectivity index is 0.000000176. The van der Waals surface area contributed by atoms with Crippen LogP contribution in [0.4, 0.5) is 0 Å². The molecule has 21 heteroatoms. The van der Waals surface area contributed by atoms with E-state index in [9.17, 15) is 8.42 Å². The molecule has 2 saturated heterocycles. The van der Waals surface area contributed by atoms with Crippen molar-refractivity contribution >= 4 is 162 Å². The molecule has 6 rings (SSSR count). The summed E-state index contributed by atoms with van der Waals surface area (Å²) in [6, 6.07) is 0. The number of allylic oxidation sites excluding steroid dienone is 4. The van der Waals surface area contributed by atoms with Crippen molar-refractivity contribution in [1.82, 2.24) is 0 Å². The highest BCUT2D eigenvalue weighted by molar-refractivity contribution is 7.75. The van der Waals surface area contributed by atoms with Gasteiger partial charge in [-0.05, 0) is 0 Å². The molecule has 0 spiro atoms. The van der Waals surface area contributed by atoms with Crippen molar-refractivity contribution in [1.29, 1.82) is 0 Å². The van der Waals surface area contributed by atoms with Crippen LogP contribution in [0.2, 0.25) is 0 Å². The van der Waals surface area contributed by atoms with Gasteiger partial charge in [0.05, 0.1) is 46.6 Å². The van der Waals surface area contributed by atoms with Crippen LogP contribution in [0.5, 0.6) is 0 Å². The highest BCUT2D eigenvalue weighted by Crippen LogP contribution is 2.77. The third kappa shape index (κ3) is 4.14. The average Bonchev–Trinajstić information content (AvgIpc) is 3.11. The predicted octanol–water partition coefficient (Wildman–Crippen LogP) is 6.55. The Morgan fingerprint density at radius 2 is 0.667 bits per heavy atom. The SMILES string of the molecule is O.O=S1OCC2C(CO1)C1(Cl)C(Cl)=C(Cl)C2(Cl)C1(Cl)Cl.O=S1OCC2C(CO1)C1(Cl)C(Cl)=C(Cl)C2(Cl)C1(Cl)Cl. The van der Waals surface area contributed by atoms with Crippen LogP contribution in [0, 0.1) is 23.7 Å². The predicted molar refractivity (Wildman–Crippen MR) is 158 cm³/mol. The fourth-order valence-corrected chi connectivity index (χ4v) is 13.2. The van der Waals surface area contributed by atoms with E-state index >= 15 is 0 Å².